The number of aliphatic imine (C=N–C) groups is 2. The number of carbonyl (C=O) groups is 14. The van der Waals surface area contributed by atoms with Gasteiger partial charge in [-0.25, -0.2) is 9.59 Å². The van der Waals surface area contributed by atoms with Gasteiger partial charge in [0.05, 0.1) is 18.7 Å². The van der Waals surface area contributed by atoms with Crippen LogP contribution in [0.5, 0.6) is 0 Å². The first-order valence-electron chi connectivity index (χ1n) is 29.2. The first kappa shape index (κ1) is 77.2. The van der Waals surface area contributed by atoms with Gasteiger partial charge in [0.15, 0.2) is 11.9 Å². The summed E-state index contributed by atoms with van der Waals surface area (Å²) in [6.45, 7) is 0.0256. The smallest absolute Gasteiger partial charge is 0.316 e. The van der Waals surface area contributed by atoms with Crippen LogP contribution >= 0.6 is 0 Å². The van der Waals surface area contributed by atoms with E-state index in [0.29, 0.717) is 38.8 Å². The van der Waals surface area contributed by atoms with Gasteiger partial charge in [0.1, 0.15) is 59.7 Å². The predicted molar refractivity (Wildman–Crippen MR) is 328 cm³/mol. The van der Waals surface area contributed by atoms with Crippen LogP contribution in [-0.2, 0) is 57.5 Å². The minimum absolute atomic E-state index is 0.00513. The molecule has 4 rings (SSSR count). The summed E-state index contributed by atoms with van der Waals surface area (Å²) in [6.07, 6.45) is 3.88. The molecule has 4 aliphatic heterocycles. The maximum atomic E-state index is 13.5. The number of hydrogen-bond acceptors (Lipinski definition) is 27. The molecule has 93 heavy (non-hydrogen) atoms. The van der Waals surface area contributed by atoms with Crippen LogP contribution in [0.2, 0.25) is 0 Å². The second-order valence-electron chi connectivity index (χ2n) is 21.4. The van der Waals surface area contributed by atoms with Crippen LogP contribution in [0.4, 0.5) is 9.59 Å². The van der Waals surface area contributed by atoms with Gasteiger partial charge in [-0.05, 0) is 58.5 Å². The molecule has 37 N–H and O–H groups in total. The van der Waals surface area contributed by atoms with Crippen molar-refractivity contribution in [1.29, 1.82) is 0 Å². The highest BCUT2D eigenvalue weighted by Gasteiger charge is 2.38. The van der Waals surface area contributed by atoms with Crippen molar-refractivity contribution in [1.82, 2.24) is 85.1 Å². The van der Waals surface area contributed by atoms with Crippen molar-refractivity contribution in [2.45, 2.75) is 131 Å². The van der Waals surface area contributed by atoms with E-state index in [4.69, 9.17) is 57.3 Å². The van der Waals surface area contributed by atoms with Gasteiger partial charge in [0, 0.05) is 76.6 Å². The van der Waals surface area contributed by atoms with E-state index in [-0.39, 0.29) is 63.8 Å². The Kier molecular flexibility index (Phi) is 32.6. The molecule has 16 amide bonds. The average molecular weight is 1320 g/mol. The summed E-state index contributed by atoms with van der Waals surface area (Å²) in [5, 5.41) is 48.8. The number of nitrogens with zero attached hydrogens (tertiary/aromatic N) is 2. The quantitative estimate of drug-likeness (QED) is 0.0398. The van der Waals surface area contributed by atoms with Gasteiger partial charge < -0.3 is 148 Å². The largest absolute Gasteiger partial charge is 0.394 e. The number of rotatable bonds is 20. The van der Waals surface area contributed by atoms with E-state index in [1.165, 1.54) is 6.92 Å². The van der Waals surface area contributed by atoms with Gasteiger partial charge in [-0.2, -0.15) is 0 Å². The molecule has 0 saturated carbocycles. The minimum Gasteiger partial charge on any atom is -0.394 e. The van der Waals surface area contributed by atoms with Crippen molar-refractivity contribution < 1.29 is 72.2 Å². The SMILES string of the molecule is C[C@@H]1NC(=O)[C@@H](N)CNC(=O)[C@H]([C@H]2CCN=C(N)N2)NC(=O)/C(=C\NC(N)=O)NC(=O)[C@H](CNCCCC(N)CC(N)=O)NC1=O.NCCC[C@H](N)CC(=O)NC[C@@H]1NC(=O)[C@H](CO)NC(=O)[C@@H](N)CNC(=O)[C@H]([C@H]2CCN=C(N)N2)NC(=O)/C(=C\NC(N)=O)NC1=O. The molecule has 518 valence electrons. The van der Waals surface area contributed by atoms with Crippen LogP contribution in [0.25, 0.3) is 0 Å². The number of primary amides is 3. The summed E-state index contributed by atoms with van der Waals surface area (Å²) in [5.74, 6) is -10.4. The summed E-state index contributed by atoms with van der Waals surface area (Å²) < 4.78 is 0. The monoisotopic (exact) mass is 1320 g/mol. The number of hydrogen-bond donors (Lipinski definition) is 27. The van der Waals surface area contributed by atoms with Crippen molar-refractivity contribution >= 4 is 94.9 Å². The number of urea groups is 2. The first-order chi connectivity index (χ1) is 43.9. The fourth-order valence-corrected chi connectivity index (χ4v) is 8.72. The molecule has 0 aromatic carbocycles. The summed E-state index contributed by atoms with van der Waals surface area (Å²) >= 11 is 0. The molecule has 0 spiro atoms. The molecule has 0 bridgehead atoms. The number of aliphatic hydroxyl groups is 1. The molecule has 12 atom stereocenters. The predicted octanol–water partition coefficient (Wildman–Crippen LogP) is -15.4. The Morgan fingerprint density at radius 3 is 1.49 bits per heavy atom. The number of amides is 16. The van der Waals surface area contributed by atoms with E-state index >= 15 is 0 Å². The lowest BCUT2D eigenvalue weighted by atomic mass is 10.0. The molecular weight excluding hydrogens is 1230 g/mol. The summed E-state index contributed by atoms with van der Waals surface area (Å²) in [5.41, 5.74) is 54.9. The van der Waals surface area contributed by atoms with Crippen molar-refractivity contribution in [3.63, 3.8) is 0 Å². The molecule has 43 heteroatoms. The van der Waals surface area contributed by atoms with Gasteiger partial charge in [-0.3, -0.25) is 67.5 Å². The molecule has 43 nitrogen and oxygen atoms in total. The Balaban J connectivity index is 0.000000485. The zero-order valence-electron chi connectivity index (χ0n) is 50.9. The van der Waals surface area contributed by atoms with E-state index in [9.17, 15) is 72.2 Å². The standard InChI is InChI=1S/C25H44N14O8.C25H44N14O7/c26-4-1-2-11(27)6-17(41)32-8-14-20(43)35-15(9-34-25(30)47)21(44)39-18(13-3-5-31-24(29)38-13)23(46)33-7-12(28)19(42)37-16(10-40)22(45)36-14;1-11-19(41)36-15(9-31-5-2-3-12(26)7-17(28)40)21(43)37-16(10-34-25(30)46)22(44)39-18(14-4-6-32-24(29)38-14)23(45)33-8-13(27)20(42)35-11/h9,11-14,16,18,40H,1-8,10,26-28H2,(H,32,41)(H,33,46)(H,35,43)(H,36,45)(H,37,42)(H,39,44)(H3,29,31,38)(H3,30,34,47);10-15,18,31H,2-9,26-27H2,1H3,(H2,28,40)(H,33,45)(H,35,42)(H,36,41)(H,37,43)(H,39,44)(H3,29,32,38)(H3,30,34,46)/b15-9+;16-10+/t11-,12-,13+,14-,16-,18-;11-,12?,13-,14+,15-,18-/m00/s1. The van der Waals surface area contributed by atoms with Crippen LogP contribution in [0.15, 0.2) is 33.8 Å². The first-order valence-corrected chi connectivity index (χ1v) is 29.2. The third kappa shape index (κ3) is 27.9. The van der Waals surface area contributed by atoms with E-state index in [1.807, 2.05) is 5.32 Å². The van der Waals surface area contributed by atoms with Crippen LogP contribution < -0.4 is 142 Å². The number of nitrogens with two attached hydrogens (primary N) is 10. The third-order valence-corrected chi connectivity index (χ3v) is 13.7. The highest BCUT2D eigenvalue weighted by Crippen LogP contribution is 2.10. The Morgan fingerprint density at radius 2 is 1.03 bits per heavy atom. The maximum absolute atomic E-state index is 13.5. The van der Waals surface area contributed by atoms with Crippen LogP contribution in [0.1, 0.15) is 58.3 Å². The molecule has 0 aromatic heterocycles. The lowest BCUT2D eigenvalue weighted by Crippen LogP contribution is -2.64. The molecule has 0 aromatic rings. The lowest BCUT2D eigenvalue weighted by Gasteiger charge is -2.31. The second kappa shape index (κ2) is 39.2. The zero-order chi connectivity index (χ0) is 69.5. The molecule has 2 saturated heterocycles. The van der Waals surface area contributed by atoms with E-state index in [1.54, 1.807) is 0 Å². The Labute approximate surface area is 531 Å². The Morgan fingerprint density at radius 1 is 0.581 bits per heavy atom. The highest BCUT2D eigenvalue weighted by atomic mass is 16.3. The molecular formula is C50H88N28O15. The normalized spacial score (nSPS) is 26.5. The van der Waals surface area contributed by atoms with Crippen molar-refractivity contribution in [3.8, 4) is 0 Å². The molecule has 1 unspecified atom stereocenters. The van der Waals surface area contributed by atoms with Crippen LogP contribution in [0, 0.1) is 0 Å². The van der Waals surface area contributed by atoms with Crippen LogP contribution in [0.3, 0.4) is 0 Å². The topological polar surface area (TPSA) is 737 Å². The summed E-state index contributed by atoms with van der Waals surface area (Å²) in [4.78, 5) is 186. The molecule has 0 radical (unpaired) electrons. The van der Waals surface area contributed by atoms with Crippen molar-refractivity contribution in [3.05, 3.63) is 23.8 Å². The van der Waals surface area contributed by atoms with Crippen molar-refractivity contribution in [2.24, 2.45) is 67.3 Å². The van der Waals surface area contributed by atoms with E-state index in [0.717, 1.165) is 12.4 Å². The van der Waals surface area contributed by atoms with Gasteiger partial charge in [-0.1, -0.05) is 0 Å². The third-order valence-electron chi connectivity index (χ3n) is 13.7. The fourth-order valence-electron chi connectivity index (χ4n) is 8.72. The van der Waals surface area contributed by atoms with E-state index in [2.05, 4.69) is 89.7 Å². The fraction of sp³-hybridized carbons (Fsp3) is 0.600. The summed E-state index contributed by atoms with van der Waals surface area (Å²) in [7, 11) is 0. The van der Waals surface area contributed by atoms with Gasteiger partial charge >= 0.3 is 12.1 Å². The van der Waals surface area contributed by atoms with Gasteiger partial charge in [-0.15, -0.1) is 0 Å². The molecule has 4 aliphatic rings. The lowest BCUT2D eigenvalue weighted by molar-refractivity contribution is -0.134. The molecule has 0 aliphatic carbocycles. The van der Waals surface area contributed by atoms with Gasteiger partial charge in [0.25, 0.3) is 11.8 Å². The second-order valence-corrected chi connectivity index (χ2v) is 21.4. The number of guanidine groups is 2. The highest BCUT2D eigenvalue weighted by molar-refractivity contribution is 6.04. The number of aliphatic hydroxyl groups excluding tert-OH is 1. The Hall–Kier alpha value is -10.1. The molecule has 4 heterocycles. The van der Waals surface area contributed by atoms with Gasteiger partial charge in [0.2, 0.25) is 59.1 Å². The zero-order valence-corrected chi connectivity index (χ0v) is 50.9. The maximum Gasteiger partial charge on any atom is 0.316 e. The summed E-state index contributed by atoms with van der Waals surface area (Å²) in [6, 6.07) is -15.9. The average Bonchev–Trinajstić information content (AvgIpc) is 0.908. The van der Waals surface area contributed by atoms with Crippen molar-refractivity contribution in [2.75, 3.05) is 59.0 Å². The Bertz CT molecular complexity index is 2840. The number of carbonyl (C=O) groups excluding carboxylic acids is 14. The van der Waals surface area contributed by atoms with Crippen LogP contribution in [-0.4, -0.2) is 231 Å². The van der Waals surface area contributed by atoms with E-state index < -0.39 is 187 Å². The number of nitrogens with one attached hydrogen (secondary N) is 16. The molecule has 2 fully saturated rings. The minimum atomic E-state index is -1.63.